The van der Waals surface area contributed by atoms with Gasteiger partial charge in [0.1, 0.15) is 5.75 Å². The molecule has 0 atom stereocenters. The Kier molecular flexibility index (Phi) is 5.44. The van der Waals surface area contributed by atoms with Crippen molar-refractivity contribution < 1.29 is 9.90 Å². The number of carbonyl (C=O) groups excluding carboxylic acids is 1. The molecule has 2 N–H and O–H groups in total. The summed E-state index contributed by atoms with van der Waals surface area (Å²) in [5.41, 5.74) is 3.09. The van der Waals surface area contributed by atoms with E-state index in [1.807, 2.05) is 61.5 Å². The van der Waals surface area contributed by atoms with Crippen LogP contribution in [-0.2, 0) is 6.54 Å². The number of phenols is 1. The number of phenolic OH excluding ortho intramolecular Hbond substituents is 1. The number of carbonyl (C=O) groups is 1. The van der Waals surface area contributed by atoms with Crippen LogP contribution in [0, 0.1) is 6.92 Å². The number of anilines is 2. The summed E-state index contributed by atoms with van der Waals surface area (Å²) in [6.45, 7) is 2.18. The van der Waals surface area contributed by atoms with Crippen molar-refractivity contribution in [3.05, 3.63) is 88.9 Å². The van der Waals surface area contributed by atoms with Gasteiger partial charge in [-0.2, -0.15) is 0 Å². The molecule has 3 aromatic rings. The predicted octanol–water partition coefficient (Wildman–Crippen LogP) is 5.59. The number of urea groups is 1. The normalized spacial score (nSPS) is 10.4. The van der Waals surface area contributed by atoms with E-state index in [4.69, 9.17) is 11.6 Å². The maximum absolute atomic E-state index is 12.9. The molecule has 0 fully saturated rings. The SMILES string of the molecule is Cc1ccc(N(Cc2cc(Cl)ccc2O)C(=O)Nc2ccccc2)cc1. The van der Waals surface area contributed by atoms with Crippen LogP contribution in [0.3, 0.4) is 0 Å². The van der Waals surface area contributed by atoms with Gasteiger partial charge in [0.05, 0.1) is 6.54 Å². The molecule has 4 nitrogen and oxygen atoms in total. The van der Waals surface area contributed by atoms with Crippen LogP contribution in [0.2, 0.25) is 5.02 Å². The zero-order valence-electron chi connectivity index (χ0n) is 14.3. The molecule has 3 aromatic carbocycles. The fraction of sp³-hybridized carbons (Fsp3) is 0.0952. The molecule has 0 radical (unpaired) electrons. The molecule has 0 aliphatic rings. The van der Waals surface area contributed by atoms with Gasteiger partial charge in [0.25, 0.3) is 0 Å². The molecule has 0 heterocycles. The second kappa shape index (κ2) is 7.93. The molecule has 0 saturated carbocycles. The van der Waals surface area contributed by atoms with Crippen LogP contribution in [0.25, 0.3) is 0 Å². The summed E-state index contributed by atoms with van der Waals surface area (Å²) in [5, 5.41) is 13.5. The number of para-hydroxylation sites is 1. The first kappa shape index (κ1) is 17.8. The molecule has 0 unspecified atom stereocenters. The number of aromatic hydroxyl groups is 1. The maximum atomic E-state index is 12.9. The van der Waals surface area contributed by atoms with E-state index in [1.54, 1.807) is 17.0 Å². The third kappa shape index (κ3) is 4.35. The third-order valence-electron chi connectivity index (χ3n) is 3.99. The van der Waals surface area contributed by atoms with Crippen molar-refractivity contribution in [1.82, 2.24) is 0 Å². The van der Waals surface area contributed by atoms with Crippen molar-refractivity contribution >= 4 is 29.0 Å². The average molecular weight is 367 g/mol. The van der Waals surface area contributed by atoms with E-state index in [0.29, 0.717) is 16.3 Å². The van der Waals surface area contributed by atoms with Crippen LogP contribution in [-0.4, -0.2) is 11.1 Å². The van der Waals surface area contributed by atoms with Gasteiger partial charge in [-0.3, -0.25) is 4.90 Å². The number of hydrogen-bond donors (Lipinski definition) is 2. The predicted molar refractivity (Wildman–Crippen MR) is 106 cm³/mol. The number of amides is 2. The number of nitrogens with one attached hydrogen (secondary N) is 1. The lowest BCUT2D eigenvalue weighted by molar-refractivity contribution is 0.256. The summed E-state index contributed by atoms with van der Waals surface area (Å²) < 4.78 is 0. The molecular weight excluding hydrogens is 348 g/mol. The lowest BCUT2D eigenvalue weighted by Crippen LogP contribution is -2.34. The number of halogens is 1. The van der Waals surface area contributed by atoms with Crippen molar-refractivity contribution in [1.29, 1.82) is 0 Å². The maximum Gasteiger partial charge on any atom is 0.326 e. The van der Waals surface area contributed by atoms with Gasteiger partial charge in [-0.25, -0.2) is 4.79 Å². The molecule has 0 aliphatic carbocycles. The number of benzene rings is 3. The summed E-state index contributed by atoms with van der Waals surface area (Å²) >= 11 is 6.05. The van der Waals surface area contributed by atoms with Crippen LogP contribution < -0.4 is 10.2 Å². The van der Waals surface area contributed by atoms with Gasteiger partial charge in [0.2, 0.25) is 0 Å². The first-order valence-corrected chi connectivity index (χ1v) is 8.58. The number of aryl methyl sites for hydroxylation is 1. The van der Waals surface area contributed by atoms with Crippen molar-refractivity contribution in [2.75, 3.05) is 10.2 Å². The molecule has 132 valence electrons. The first-order chi connectivity index (χ1) is 12.5. The van der Waals surface area contributed by atoms with Crippen LogP contribution in [0.1, 0.15) is 11.1 Å². The Hall–Kier alpha value is -2.98. The minimum absolute atomic E-state index is 0.0963. The van der Waals surface area contributed by atoms with Gasteiger partial charge in [0, 0.05) is 22.0 Å². The molecule has 0 spiro atoms. The van der Waals surface area contributed by atoms with E-state index in [9.17, 15) is 9.90 Å². The van der Waals surface area contributed by atoms with E-state index < -0.39 is 0 Å². The summed E-state index contributed by atoms with van der Waals surface area (Å²) in [6.07, 6.45) is 0. The van der Waals surface area contributed by atoms with E-state index in [0.717, 1.165) is 11.3 Å². The second-order valence-corrected chi connectivity index (χ2v) is 6.43. The van der Waals surface area contributed by atoms with Gasteiger partial charge >= 0.3 is 6.03 Å². The Morgan fingerprint density at radius 2 is 1.73 bits per heavy atom. The van der Waals surface area contributed by atoms with Crippen molar-refractivity contribution in [3.63, 3.8) is 0 Å². The zero-order valence-corrected chi connectivity index (χ0v) is 15.1. The summed E-state index contributed by atoms with van der Waals surface area (Å²) in [6, 6.07) is 21.4. The number of hydrogen-bond acceptors (Lipinski definition) is 2. The number of rotatable bonds is 4. The van der Waals surface area contributed by atoms with E-state index in [-0.39, 0.29) is 18.3 Å². The quantitative estimate of drug-likeness (QED) is 0.632. The minimum Gasteiger partial charge on any atom is -0.508 e. The summed E-state index contributed by atoms with van der Waals surface area (Å²) in [7, 11) is 0. The van der Waals surface area contributed by atoms with Gasteiger partial charge in [-0.1, -0.05) is 47.5 Å². The highest BCUT2D eigenvalue weighted by Gasteiger charge is 2.18. The van der Waals surface area contributed by atoms with Crippen molar-refractivity contribution in [2.45, 2.75) is 13.5 Å². The van der Waals surface area contributed by atoms with Crippen LogP contribution in [0.5, 0.6) is 5.75 Å². The topological polar surface area (TPSA) is 52.6 Å². The smallest absolute Gasteiger partial charge is 0.326 e. The van der Waals surface area contributed by atoms with E-state index >= 15 is 0 Å². The molecule has 5 heteroatoms. The standard InChI is InChI=1S/C21H19ClN2O2/c1-15-7-10-19(11-8-15)24(14-16-13-17(22)9-12-20(16)25)21(26)23-18-5-3-2-4-6-18/h2-13,25H,14H2,1H3,(H,23,26). The Balaban J connectivity index is 1.92. The zero-order chi connectivity index (χ0) is 18.5. The molecule has 0 saturated heterocycles. The molecule has 0 aromatic heterocycles. The van der Waals surface area contributed by atoms with Gasteiger partial charge in [-0.05, 0) is 49.4 Å². The molecule has 0 aliphatic heterocycles. The Labute approximate surface area is 157 Å². The number of nitrogens with zero attached hydrogens (tertiary/aromatic N) is 1. The third-order valence-corrected chi connectivity index (χ3v) is 4.22. The Morgan fingerprint density at radius 1 is 1.04 bits per heavy atom. The Morgan fingerprint density at radius 3 is 2.42 bits per heavy atom. The molecule has 0 bridgehead atoms. The van der Waals surface area contributed by atoms with Crippen LogP contribution >= 0.6 is 11.6 Å². The second-order valence-electron chi connectivity index (χ2n) is 5.99. The summed E-state index contributed by atoms with van der Waals surface area (Å²) in [5.74, 6) is 0.0963. The molecular formula is C21H19ClN2O2. The van der Waals surface area contributed by atoms with Gasteiger partial charge < -0.3 is 10.4 Å². The first-order valence-electron chi connectivity index (χ1n) is 8.20. The van der Waals surface area contributed by atoms with Crippen molar-refractivity contribution in [3.8, 4) is 5.75 Å². The fourth-order valence-electron chi connectivity index (χ4n) is 2.57. The average Bonchev–Trinajstić information content (AvgIpc) is 2.64. The lowest BCUT2D eigenvalue weighted by atomic mass is 10.1. The van der Waals surface area contributed by atoms with Gasteiger partial charge in [0.15, 0.2) is 0 Å². The highest BCUT2D eigenvalue weighted by molar-refractivity contribution is 6.30. The van der Waals surface area contributed by atoms with Crippen LogP contribution in [0.4, 0.5) is 16.2 Å². The van der Waals surface area contributed by atoms with Crippen molar-refractivity contribution in [2.24, 2.45) is 0 Å². The van der Waals surface area contributed by atoms with E-state index in [2.05, 4.69) is 5.32 Å². The highest BCUT2D eigenvalue weighted by atomic mass is 35.5. The largest absolute Gasteiger partial charge is 0.508 e. The Bertz CT molecular complexity index is 896. The fourth-order valence-corrected chi connectivity index (χ4v) is 2.76. The molecule has 2 amide bonds. The molecule has 3 rings (SSSR count). The lowest BCUT2D eigenvalue weighted by Gasteiger charge is -2.24. The van der Waals surface area contributed by atoms with E-state index in [1.165, 1.54) is 6.07 Å². The van der Waals surface area contributed by atoms with Crippen LogP contribution in [0.15, 0.2) is 72.8 Å². The molecule has 26 heavy (non-hydrogen) atoms. The monoisotopic (exact) mass is 366 g/mol. The highest BCUT2D eigenvalue weighted by Crippen LogP contribution is 2.26. The van der Waals surface area contributed by atoms with Gasteiger partial charge in [-0.15, -0.1) is 0 Å². The minimum atomic E-state index is -0.292. The summed E-state index contributed by atoms with van der Waals surface area (Å²) in [4.78, 5) is 14.5.